The van der Waals surface area contributed by atoms with Gasteiger partial charge < -0.3 is 19.7 Å². The number of hydrogen-bond donors (Lipinski definition) is 2. The second-order valence-electron chi connectivity index (χ2n) is 6.27. The van der Waals surface area contributed by atoms with Gasteiger partial charge in [-0.3, -0.25) is 0 Å². The van der Waals surface area contributed by atoms with Crippen molar-refractivity contribution in [3.05, 3.63) is 23.3 Å². The number of carboxylic acid groups (broad SMARTS) is 2. The largest absolute Gasteiger partial charge is 0.493 e. The Kier molecular flexibility index (Phi) is 10.2. The zero-order valence-corrected chi connectivity index (χ0v) is 15.8. The third kappa shape index (κ3) is 7.33. The van der Waals surface area contributed by atoms with E-state index in [1.807, 2.05) is 0 Å². The molecule has 0 atom stereocenters. The summed E-state index contributed by atoms with van der Waals surface area (Å²) in [4.78, 5) is 22.9. The predicted molar refractivity (Wildman–Crippen MR) is 99.6 cm³/mol. The van der Waals surface area contributed by atoms with Gasteiger partial charge in [0, 0.05) is 6.07 Å². The minimum Gasteiger partial charge on any atom is -0.493 e. The van der Waals surface area contributed by atoms with Crippen LogP contribution in [0, 0.1) is 0 Å². The third-order valence-electron chi connectivity index (χ3n) is 4.05. The maximum atomic E-state index is 11.5. The van der Waals surface area contributed by atoms with Crippen molar-refractivity contribution in [2.24, 2.45) is 0 Å². The number of unbranched alkanes of at least 4 members (excludes halogenated alkanes) is 6. The molecule has 6 heteroatoms. The number of benzene rings is 1. The van der Waals surface area contributed by atoms with Crippen molar-refractivity contribution in [3.63, 3.8) is 0 Å². The van der Waals surface area contributed by atoms with Crippen molar-refractivity contribution in [2.45, 2.75) is 65.2 Å². The maximum Gasteiger partial charge on any atom is 0.339 e. The van der Waals surface area contributed by atoms with Gasteiger partial charge in [0.15, 0.2) is 0 Å². The van der Waals surface area contributed by atoms with Gasteiger partial charge in [-0.25, -0.2) is 9.59 Å². The average Bonchev–Trinajstić information content (AvgIpc) is 2.60. The van der Waals surface area contributed by atoms with Crippen LogP contribution in [0.25, 0.3) is 0 Å². The topological polar surface area (TPSA) is 93.1 Å². The van der Waals surface area contributed by atoms with E-state index in [2.05, 4.69) is 13.8 Å². The molecule has 1 aromatic carbocycles. The van der Waals surface area contributed by atoms with Gasteiger partial charge in [0.25, 0.3) is 0 Å². The summed E-state index contributed by atoms with van der Waals surface area (Å²) >= 11 is 0. The van der Waals surface area contributed by atoms with E-state index >= 15 is 0 Å². The van der Waals surface area contributed by atoms with E-state index in [1.54, 1.807) is 0 Å². The summed E-state index contributed by atoms with van der Waals surface area (Å²) in [5.41, 5.74) is -0.313. The van der Waals surface area contributed by atoms with E-state index < -0.39 is 11.9 Å². The van der Waals surface area contributed by atoms with Crippen LogP contribution in [-0.2, 0) is 0 Å². The normalized spacial score (nSPS) is 10.5. The van der Waals surface area contributed by atoms with Gasteiger partial charge in [0.1, 0.15) is 22.6 Å². The molecule has 0 radical (unpaired) electrons. The van der Waals surface area contributed by atoms with Crippen LogP contribution < -0.4 is 9.47 Å². The van der Waals surface area contributed by atoms with E-state index in [-0.39, 0.29) is 22.6 Å². The van der Waals surface area contributed by atoms with Gasteiger partial charge in [0.05, 0.1) is 13.2 Å². The molecular formula is C20H30O6. The molecule has 0 heterocycles. The molecule has 0 aliphatic heterocycles. The van der Waals surface area contributed by atoms with Crippen LogP contribution in [0.5, 0.6) is 11.5 Å². The van der Waals surface area contributed by atoms with E-state index in [0.717, 1.165) is 57.4 Å². The lowest BCUT2D eigenvalue weighted by molar-refractivity contribution is 0.0692. The maximum absolute atomic E-state index is 11.5. The van der Waals surface area contributed by atoms with Gasteiger partial charge in [-0.05, 0) is 18.9 Å². The lowest BCUT2D eigenvalue weighted by Gasteiger charge is -2.14. The summed E-state index contributed by atoms with van der Waals surface area (Å²) < 4.78 is 11.2. The Morgan fingerprint density at radius 3 is 1.50 bits per heavy atom. The number of aromatic carboxylic acids is 2. The number of hydrogen-bond acceptors (Lipinski definition) is 4. The Bertz CT molecular complexity index is 535. The highest BCUT2D eigenvalue weighted by atomic mass is 16.5. The van der Waals surface area contributed by atoms with Crippen LogP contribution in [0.4, 0.5) is 0 Å². The Balaban J connectivity index is 2.89. The van der Waals surface area contributed by atoms with Crippen LogP contribution in [0.2, 0.25) is 0 Å². The van der Waals surface area contributed by atoms with E-state index in [9.17, 15) is 19.8 Å². The minimum atomic E-state index is -1.22. The monoisotopic (exact) mass is 366 g/mol. The van der Waals surface area contributed by atoms with Gasteiger partial charge in [-0.2, -0.15) is 0 Å². The lowest BCUT2D eigenvalue weighted by Crippen LogP contribution is -2.10. The molecule has 1 aromatic rings. The highest BCUT2D eigenvalue weighted by Crippen LogP contribution is 2.30. The Morgan fingerprint density at radius 1 is 0.731 bits per heavy atom. The Morgan fingerprint density at radius 2 is 1.15 bits per heavy atom. The highest BCUT2D eigenvalue weighted by Gasteiger charge is 2.21. The summed E-state index contributed by atoms with van der Waals surface area (Å²) in [5, 5.41) is 18.7. The molecule has 2 N–H and O–H groups in total. The molecule has 146 valence electrons. The molecule has 0 aromatic heterocycles. The summed E-state index contributed by atoms with van der Waals surface area (Å²) in [7, 11) is 0. The van der Waals surface area contributed by atoms with Crippen molar-refractivity contribution >= 4 is 11.9 Å². The third-order valence-corrected chi connectivity index (χ3v) is 4.05. The first-order valence-electron chi connectivity index (χ1n) is 9.41. The van der Waals surface area contributed by atoms with Gasteiger partial charge in [0.2, 0.25) is 0 Å². The van der Waals surface area contributed by atoms with Crippen LogP contribution in [0.1, 0.15) is 85.9 Å². The average molecular weight is 366 g/mol. The molecule has 26 heavy (non-hydrogen) atoms. The smallest absolute Gasteiger partial charge is 0.339 e. The highest BCUT2D eigenvalue weighted by molar-refractivity contribution is 5.98. The molecule has 0 aliphatic carbocycles. The van der Waals surface area contributed by atoms with Crippen LogP contribution in [-0.4, -0.2) is 35.4 Å². The number of carboxylic acids is 2. The second kappa shape index (κ2) is 12.2. The van der Waals surface area contributed by atoms with Crippen molar-refractivity contribution < 1.29 is 29.3 Å². The summed E-state index contributed by atoms with van der Waals surface area (Å²) in [6.45, 7) is 5.00. The van der Waals surface area contributed by atoms with Crippen molar-refractivity contribution in [1.29, 1.82) is 0 Å². The van der Waals surface area contributed by atoms with Crippen LogP contribution in [0.3, 0.4) is 0 Å². The van der Waals surface area contributed by atoms with Crippen LogP contribution in [0.15, 0.2) is 12.1 Å². The van der Waals surface area contributed by atoms with Crippen molar-refractivity contribution in [3.8, 4) is 11.5 Å². The zero-order valence-electron chi connectivity index (χ0n) is 15.8. The van der Waals surface area contributed by atoms with Gasteiger partial charge >= 0.3 is 11.9 Å². The van der Waals surface area contributed by atoms with E-state index in [1.165, 1.54) is 6.07 Å². The Labute approximate surface area is 155 Å². The van der Waals surface area contributed by atoms with Crippen molar-refractivity contribution in [2.75, 3.05) is 13.2 Å². The number of carbonyl (C=O) groups is 2. The molecule has 0 saturated heterocycles. The summed E-state index contributed by atoms with van der Waals surface area (Å²) in [5.74, 6) is -2.12. The zero-order chi connectivity index (χ0) is 19.4. The molecule has 0 amide bonds. The molecule has 0 saturated carbocycles. The van der Waals surface area contributed by atoms with Gasteiger partial charge in [-0.15, -0.1) is 0 Å². The first-order chi connectivity index (χ1) is 12.5. The quantitative estimate of drug-likeness (QED) is 0.450. The number of ether oxygens (including phenoxy) is 2. The molecule has 0 aliphatic rings. The molecule has 0 fully saturated rings. The van der Waals surface area contributed by atoms with Crippen LogP contribution >= 0.6 is 0 Å². The molecule has 1 rings (SSSR count). The standard InChI is InChI=1S/C20H30O6/c1-3-5-7-9-11-25-17-14-18(26-12-10-8-6-4-2)16(20(23)24)13-15(17)19(21)22/h13-14H,3-12H2,1-2H3,(H,21,22)(H,23,24). The molecular weight excluding hydrogens is 336 g/mol. The summed E-state index contributed by atoms with van der Waals surface area (Å²) in [6.07, 6.45) is 8.05. The first kappa shape index (κ1) is 21.8. The molecule has 0 unspecified atom stereocenters. The molecule has 0 bridgehead atoms. The van der Waals surface area contributed by atoms with E-state index in [0.29, 0.717) is 13.2 Å². The predicted octanol–water partition coefficient (Wildman–Crippen LogP) is 5.00. The number of rotatable bonds is 14. The second-order valence-corrected chi connectivity index (χ2v) is 6.27. The summed E-state index contributed by atoms with van der Waals surface area (Å²) in [6, 6.07) is 2.51. The van der Waals surface area contributed by atoms with Gasteiger partial charge in [-0.1, -0.05) is 52.4 Å². The fourth-order valence-corrected chi connectivity index (χ4v) is 2.56. The SMILES string of the molecule is CCCCCCOc1cc(OCCCCCC)c(C(=O)O)cc1C(=O)O. The fourth-order valence-electron chi connectivity index (χ4n) is 2.56. The minimum absolute atomic E-state index is 0.155. The first-order valence-corrected chi connectivity index (χ1v) is 9.41. The molecule has 6 nitrogen and oxygen atoms in total. The van der Waals surface area contributed by atoms with Crippen molar-refractivity contribution in [1.82, 2.24) is 0 Å². The lowest BCUT2D eigenvalue weighted by atomic mass is 10.1. The van der Waals surface area contributed by atoms with E-state index in [4.69, 9.17) is 9.47 Å². The Hall–Kier alpha value is -2.24. The fraction of sp³-hybridized carbons (Fsp3) is 0.600. The molecule has 0 spiro atoms.